The lowest BCUT2D eigenvalue weighted by Crippen LogP contribution is -2.07. The van der Waals surface area contributed by atoms with Crippen molar-refractivity contribution in [3.63, 3.8) is 0 Å². The fourth-order valence-electron chi connectivity index (χ4n) is 1.90. The lowest BCUT2D eigenvalue weighted by Gasteiger charge is -2.07. The molecule has 0 saturated carbocycles. The molecular weight excluding hydrogens is 370 g/mol. The first kappa shape index (κ1) is 18.8. The van der Waals surface area contributed by atoms with Gasteiger partial charge >= 0.3 is 0 Å². The van der Waals surface area contributed by atoms with E-state index in [1.807, 2.05) is 0 Å². The van der Waals surface area contributed by atoms with E-state index in [1.54, 1.807) is 24.3 Å². The molecule has 1 aromatic rings. The Bertz CT molecular complexity index is 554. The molecule has 0 amide bonds. The number of halogens is 1. The molecule has 0 aliphatic heterocycles. The maximum absolute atomic E-state index is 12.3. The van der Waals surface area contributed by atoms with Gasteiger partial charge in [-0.3, -0.25) is 0 Å². The molecule has 0 spiro atoms. The van der Waals surface area contributed by atoms with E-state index in [1.165, 1.54) is 12.8 Å². The summed E-state index contributed by atoms with van der Waals surface area (Å²) >= 11 is 3.31. The molecule has 120 valence electrons. The maximum Gasteiger partial charge on any atom is 0.287 e. The number of hydrogen-bond donors (Lipinski definition) is 0. The van der Waals surface area contributed by atoms with Gasteiger partial charge < -0.3 is 0 Å². The summed E-state index contributed by atoms with van der Waals surface area (Å²) in [6.07, 6.45) is 5.60. The van der Waals surface area contributed by atoms with Crippen LogP contribution in [0.3, 0.4) is 0 Å². The van der Waals surface area contributed by atoms with Crippen molar-refractivity contribution >= 4 is 36.6 Å². The van der Waals surface area contributed by atoms with Crippen LogP contribution in [0, 0.1) is 0 Å². The summed E-state index contributed by atoms with van der Waals surface area (Å²) in [4.78, 5) is 0.285. The third kappa shape index (κ3) is 7.06. The van der Waals surface area contributed by atoms with E-state index in [9.17, 15) is 8.42 Å². The monoisotopic (exact) mass is 393 g/mol. The quantitative estimate of drug-likeness (QED) is 0.558. The standard InChI is InChI=1S/C15H24BrNO2S2/c1-3-5-6-7-13-20(12-4-2)17-21(18,19)15-10-8-14(16)9-11-15/h8-11H,3-7,12-13H2,1-2H3/t20-/m1/s1. The zero-order chi connectivity index (χ0) is 15.7. The third-order valence-corrected chi connectivity index (χ3v) is 7.65. The number of nitrogens with zero attached hydrogens (tertiary/aromatic N) is 1. The molecule has 6 heteroatoms. The minimum atomic E-state index is -3.52. The smallest absolute Gasteiger partial charge is 0.199 e. The van der Waals surface area contributed by atoms with Gasteiger partial charge in [0, 0.05) is 16.0 Å². The Labute approximate surface area is 139 Å². The predicted molar refractivity (Wildman–Crippen MR) is 95.3 cm³/mol. The second-order valence-corrected chi connectivity index (χ2v) is 9.61. The average molecular weight is 394 g/mol. The van der Waals surface area contributed by atoms with Crippen LogP contribution in [0.25, 0.3) is 0 Å². The highest BCUT2D eigenvalue weighted by molar-refractivity contribution is 9.10. The first-order valence-corrected chi connectivity index (χ1v) is 11.2. The van der Waals surface area contributed by atoms with Crippen LogP contribution in [0.1, 0.15) is 46.0 Å². The zero-order valence-electron chi connectivity index (χ0n) is 12.7. The van der Waals surface area contributed by atoms with E-state index in [4.69, 9.17) is 0 Å². The van der Waals surface area contributed by atoms with Crippen molar-refractivity contribution in [2.75, 3.05) is 11.5 Å². The summed E-state index contributed by atoms with van der Waals surface area (Å²) in [5, 5.41) is 0. The van der Waals surface area contributed by atoms with Gasteiger partial charge in [0.05, 0.1) is 4.90 Å². The highest BCUT2D eigenvalue weighted by Gasteiger charge is 2.13. The van der Waals surface area contributed by atoms with Crippen LogP contribution in [0.2, 0.25) is 0 Å². The van der Waals surface area contributed by atoms with Crippen LogP contribution < -0.4 is 0 Å². The highest BCUT2D eigenvalue weighted by Crippen LogP contribution is 2.18. The first-order valence-electron chi connectivity index (χ1n) is 7.40. The Morgan fingerprint density at radius 1 is 1.00 bits per heavy atom. The van der Waals surface area contributed by atoms with E-state index in [2.05, 4.69) is 33.5 Å². The van der Waals surface area contributed by atoms with Crippen LogP contribution in [0.15, 0.2) is 37.4 Å². The molecule has 1 rings (SSSR count). The molecule has 0 aliphatic carbocycles. The highest BCUT2D eigenvalue weighted by atomic mass is 79.9. The lowest BCUT2D eigenvalue weighted by molar-refractivity contribution is 0.598. The normalized spacial score (nSPS) is 13.5. The van der Waals surface area contributed by atoms with E-state index in [0.29, 0.717) is 0 Å². The van der Waals surface area contributed by atoms with Gasteiger partial charge in [-0.15, -0.1) is 3.77 Å². The summed E-state index contributed by atoms with van der Waals surface area (Å²) < 4.78 is 29.7. The molecule has 0 saturated heterocycles. The molecular formula is C15H24BrNO2S2. The molecule has 0 aliphatic rings. The average Bonchev–Trinajstić information content (AvgIpc) is 2.44. The molecule has 0 bridgehead atoms. The van der Waals surface area contributed by atoms with Crippen molar-refractivity contribution in [1.82, 2.24) is 0 Å². The van der Waals surface area contributed by atoms with Gasteiger partial charge in [-0.1, -0.05) is 59.7 Å². The van der Waals surface area contributed by atoms with Crippen LogP contribution in [-0.4, -0.2) is 19.9 Å². The second-order valence-electron chi connectivity index (χ2n) is 4.93. The van der Waals surface area contributed by atoms with Crippen molar-refractivity contribution in [1.29, 1.82) is 0 Å². The van der Waals surface area contributed by atoms with E-state index in [0.717, 1.165) is 35.2 Å². The van der Waals surface area contributed by atoms with E-state index in [-0.39, 0.29) is 15.6 Å². The zero-order valence-corrected chi connectivity index (χ0v) is 15.9. The summed E-state index contributed by atoms with van der Waals surface area (Å²) in [6.45, 7) is 4.25. The van der Waals surface area contributed by atoms with Gasteiger partial charge in [0.2, 0.25) is 0 Å². The van der Waals surface area contributed by atoms with E-state index < -0.39 is 10.0 Å². The minimum absolute atomic E-state index is 0.285. The fraction of sp³-hybridized carbons (Fsp3) is 0.600. The molecule has 3 nitrogen and oxygen atoms in total. The van der Waals surface area contributed by atoms with Gasteiger partial charge in [0.15, 0.2) is 0 Å². The SMILES string of the molecule is CCCCCC[S@@](CCC)=NS(=O)(=O)c1ccc(Br)cc1. The number of unbranched alkanes of at least 4 members (excludes halogenated alkanes) is 3. The van der Waals surface area contributed by atoms with E-state index >= 15 is 0 Å². The number of hydrogen-bond acceptors (Lipinski definition) is 2. The molecule has 0 fully saturated rings. The van der Waals surface area contributed by atoms with Crippen LogP contribution in [0.4, 0.5) is 0 Å². The minimum Gasteiger partial charge on any atom is -0.199 e. The molecule has 1 aromatic carbocycles. The summed E-state index contributed by atoms with van der Waals surface area (Å²) in [5.74, 6) is 1.76. The Kier molecular flexibility index (Phi) is 8.74. The fourth-order valence-corrected chi connectivity index (χ4v) is 5.90. The van der Waals surface area contributed by atoms with Gasteiger partial charge in [0.1, 0.15) is 0 Å². The van der Waals surface area contributed by atoms with Crippen molar-refractivity contribution in [2.45, 2.75) is 50.8 Å². The van der Waals surface area contributed by atoms with Crippen LogP contribution in [-0.2, 0) is 20.7 Å². The lowest BCUT2D eigenvalue weighted by atomic mass is 10.2. The Balaban J connectivity index is 2.84. The second kappa shape index (κ2) is 9.74. The van der Waals surface area contributed by atoms with Crippen LogP contribution in [0.5, 0.6) is 0 Å². The summed E-state index contributed by atoms with van der Waals surface area (Å²) in [5.41, 5.74) is 0. The Morgan fingerprint density at radius 2 is 1.67 bits per heavy atom. The molecule has 1 atom stereocenters. The molecule has 0 radical (unpaired) electrons. The molecule has 0 unspecified atom stereocenters. The third-order valence-electron chi connectivity index (χ3n) is 2.99. The maximum atomic E-state index is 12.3. The van der Waals surface area contributed by atoms with Crippen molar-refractivity contribution < 1.29 is 8.42 Å². The van der Waals surface area contributed by atoms with Gasteiger partial charge in [0.25, 0.3) is 10.0 Å². The van der Waals surface area contributed by atoms with Crippen molar-refractivity contribution in [2.24, 2.45) is 3.77 Å². The summed E-state index contributed by atoms with van der Waals surface area (Å²) in [6, 6.07) is 6.68. The van der Waals surface area contributed by atoms with Gasteiger partial charge in [-0.2, -0.15) is 8.42 Å². The molecule has 0 aromatic heterocycles. The Hall–Kier alpha value is -0.200. The van der Waals surface area contributed by atoms with Gasteiger partial charge in [-0.25, -0.2) is 0 Å². The Morgan fingerprint density at radius 3 is 2.24 bits per heavy atom. The van der Waals surface area contributed by atoms with Crippen molar-refractivity contribution in [3.05, 3.63) is 28.7 Å². The van der Waals surface area contributed by atoms with Crippen LogP contribution >= 0.6 is 15.9 Å². The number of benzene rings is 1. The first-order chi connectivity index (χ1) is 9.99. The number of sulfonamides is 1. The van der Waals surface area contributed by atoms with Crippen molar-refractivity contribution in [3.8, 4) is 0 Å². The topological polar surface area (TPSA) is 46.5 Å². The van der Waals surface area contributed by atoms with Gasteiger partial charge in [-0.05, 0) is 37.1 Å². The number of rotatable bonds is 9. The predicted octanol–water partition coefficient (Wildman–Crippen LogP) is 4.93. The molecule has 21 heavy (non-hydrogen) atoms. The molecule has 0 heterocycles. The summed E-state index contributed by atoms with van der Waals surface area (Å²) in [7, 11) is -3.90. The molecule has 0 N–H and O–H groups in total. The largest absolute Gasteiger partial charge is 0.287 e.